The highest BCUT2D eigenvalue weighted by Crippen LogP contribution is 2.29. The van der Waals surface area contributed by atoms with E-state index in [9.17, 15) is 4.79 Å². The van der Waals surface area contributed by atoms with Gasteiger partial charge in [0.1, 0.15) is 0 Å². The Balaban J connectivity index is 1.87. The second kappa shape index (κ2) is 6.88. The molecule has 2 heterocycles. The van der Waals surface area contributed by atoms with Gasteiger partial charge in [-0.2, -0.15) is 0 Å². The molecule has 0 N–H and O–H groups in total. The van der Waals surface area contributed by atoms with Crippen molar-refractivity contribution in [3.63, 3.8) is 0 Å². The molecule has 3 nitrogen and oxygen atoms in total. The van der Waals surface area contributed by atoms with Crippen LogP contribution in [0.4, 0.5) is 0 Å². The van der Waals surface area contributed by atoms with Gasteiger partial charge in [-0.15, -0.1) is 0 Å². The lowest BCUT2D eigenvalue weighted by Crippen LogP contribution is -2.36. The van der Waals surface area contributed by atoms with Crippen molar-refractivity contribution < 1.29 is 4.79 Å². The monoisotopic (exact) mass is 286 g/mol. The fraction of sp³-hybridized carbons (Fsp3) is 0.556. The molecule has 0 saturated carbocycles. The molecule has 3 heteroatoms. The maximum absolute atomic E-state index is 11.3. The fourth-order valence-electron chi connectivity index (χ4n) is 3.27. The molecule has 1 amide bonds. The third-order valence-electron chi connectivity index (χ3n) is 4.62. The summed E-state index contributed by atoms with van der Waals surface area (Å²) in [5, 5.41) is 0. The highest BCUT2D eigenvalue weighted by molar-refractivity contribution is 5.73. The Morgan fingerprint density at radius 3 is 2.62 bits per heavy atom. The van der Waals surface area contributed by atoms with Crippen molar-refractivity contribution in [2.75, 3.05) is 13.1 Å². The quantitative estimate of drug-likeness (QED) is 0.844. The molecule has 1 saturated heterocycles. The second-order valence-corrected chi connectivity index (χ2v) is 6.18. The van der Waals surface area contributed by atoms with Crippen LogP contribution >= 0.6 is 0 Å². The Labute approximate surface area is 128 Å². The minimum absolute atomic E-state index is 0.208. The maximum atomic E-state index is 11.3. The molecule has 0 bridgehead atoms. The topological polar surface area (TPSA) is 33.2 Å². The average Bonchev–Trinajstić information content (AvgIpc) is 2.45. The van der Waals surface area contributed by atoms with Gasteiger partial charge in [-0.3, -0.25) is 9.78 Å². The number of rotatable bonds is 4. The van der Waals surface area contributed by atoms with E-state index in [0.29, 0.717) is 0 Å². The SMILES string of the molecule is C=C(CCC1CCN(C(C)=O)CC1)c1c(C)ccnc1C. The average molecular weight is 286 g/mol. The normalized spacial score (nSPS) is 16.0. The minimum Gasteiger partial charge on any atom is -0.343 e. The Hall–Kier alpha value is -1.64. The Morgan fingerprint density at radius 2 is 2.05 bits per heavy atom. The van der Waals surface area contributed by atoms with E-state index in [4.69, 9.17) is 0 Å². The summed E-state index contributed by atoms with van der Waals surface area (Å²) in [4.78, 5) is 17.7. The van der Waals surface area contributed by atoms with Crippen molar-refractivity contribution >= 4 is 11.5 Å². The van der Waals surface area contributed by atoms with Crippen molar-refractivity contribution in [2.45, 2.75) is 46.5 Å². The van der Waals surface area contributed by atoms with Crippen LogP contribution in [0.15, 0.2) is 18.8 Å². The second-order valence-electron chi connectivity index (χ2n) is 6.18. The van der Waals surface area contributed by atoms with Gasteiger partial charge < -0.3 is 4.90 Å². The van der Waals surface area contributed by atoms with Gasteiger partial charge in [0, 0.05) is 37.5 Å². The summed E-state index contributed by atoms with van der Waals surface area (Å²) >= 11 is 0. The number of pyridine rings is 1. The number of aromatic nitrogens is 1. The van der Waals surface area contributed by atoms with Gasteiger partial charge in [0.15, 0.2) is 0 Å². The molecule has 0 spiro atoms. The molecule has 21 heavy (non-hydrogen) atoms. The van der Waals surface area contributed by atoms with Crippen molar-refractivity contribution in [3.05, 3.63) is 35.7 Å². The first-order valence-corrected chi connectivity index (χ1v) is 7.85. The summed E-state index contributed by atoms with van der Waals surface area (Å²) in [5.41, 5.74) is 4.77. The molecule has 0 radical (unpaired) electrons. The lowest BCUT2D eigenvalue weighted by Gasteiger charge is -2.31. The van der Waals surface area contributed by atoms with Crippen LogP contribution in [0.25, 0.3) is 5.57 Å². The zero-order valence-electron chi connectivity index (χ0n) is 13.5. The van der Waals surface area contributed by atoms with Crippen molar-refractivity contribution in [1.82, 2.24) is 9.88 Å². The number of hydrogen-bond donors (Lipinski definition) is 0. The largest absolute Gasteiger partial charge is 0.343 e. The number of amides is 1. The molecule has 1 fully saturated rings. The summed E-state index contributed by atoms with van der Waals surface area (Å²) in [6.45, 7) is 11.9. The molecule has 1 aromatic rings. The highest BCUT2D eigenvalue weighted by atomic mass is 16.2. The summed E-state index contributed by atoms with van der Waals surface area (Å²) in [6.07, 6.45) is 6.30. The number of carbonyl (C=O) groups excluding carboxylic acids is 1. The van der Waals surface area contributed by atoms with Gasteiger partial charge in [-0.05, 0) is 62.7 Å². The zero-order chi connectivity index (χ0) is 15.4. The van der Waals surface area contributed by atoms with E-state index in [-0.39, 0.29) is 5.91 Å². The van der Waals surface area contributed by atoms with E-state index in [1.807, 2.05) is 11.1 Å². The first-order valence-electron chi connectivity index (χ1n) is 7.85. The standard InChI is InChI=1S/C18H26N2O/c1-13(18-14(2)7-10-19-15(18)3)5-6-17-8-11-20(12-9-17)16(4)21/h7,10,17H,1,5-6,8-9,11-12H2,2-4H3. The molecule has 1 aliphatic heterocycles. The van der Waals surface area contributed by atoms with Crippen LogP contribution in [0.5, 0.6) is 0 Å². The van der Waals surface area contributed by atoms with Gasteiger partial charge in [0.05, 0.1) is 0 Å². The van der Waals surface area contributed by atoms with Crippen LogP contribution in [0.1, 0.15) is 49.4 Å². The molecule has 0 aliphatic carbocycles. The molecular weight excluding hydrogens is 260 g/mol. The molecular formula is C18H26N2O. The third-order valence-corrected chi connectivity index (χ3v) is 4.62. The molecule has 114 valence electrons. The third kappa shape index (κ3) is 3.93. The van der Waals surface area contributed by atoms with Crippen LogP contribution in [0, 0.1) is 19.8 Å². The van der Waals surface area contributed by atoms with Crippen LogP contribution in [-0.2, 0) is 4.79 Å². The number of carbonyl (C=O) groups is 1. The van der Waals surface area contributed by atoms with Gasteiger partial charge in [0.25, 0.3) is 0 Å². The van der Waals surface area contributed by atoms with Crippen molar-refractivity contribution in [3.8, 4) is 0 Å². The molecule has 0 aromatic carbocycles. The van der Waals surface area contributed by atoms with E-state index in [0.717, 1.165) is 44.0 Å². The van der Waals surface area contributed by atoms with E-state index >= 15 is 0 Å². The first-order chi connectivity index (χ1) is 9.99. The van der Waals surface area contributed by atoms with E-state index < -0.39 is 0 Å². The Bertz CT molecular complexity index is 508. The van der Waals surface area contributed by atoms with Crippen molar-refractivity contribution in [1.29, 1.82) is 0 Å². The predicted octanol–water partition coefficient (Wildman–Crippen LogP) is 3.75. The lowest BCUT2D eigenvalue weighted by molar-refractivity contribution is -0.130. The van der Waals surface area contributed by atoms with Crippen LogP contribution in [0.3, 0.4) is 0 Å². The Morgan fingerprint density at radius 1 is 1.38 bits per heavy atom. The van der Waals surface area contributed by atoms with Gasteiger partial charge in [0.2, 0.25) is 5.91 Å². The highest BCUT2D eigenvalue weighted by Gasteiger charge is 2.20. The zero-order valence-corrected chi connectivity index (χ0v) is 13.5. The summed E-state index contributed by atoms with van der Waals surface area (Å²) in [6, 6.07) is 2.05. The lowest BCUT2D eigenvalue weighted by atomic mass is 9.88. The first kappa shape index (κ1) is 15.7. The maximum Gasteiger partial charge on any atom is 0.219 e. The number of allylic oxidation sites excluding steroid dienone is 1. The smallest absolute Gasteiger partial charge is 0.219 e. The molecule has 1 aliphatic rings. The van der Waals surface area contributed by atoms with Crippen LogP contribution < -0.4 is 0 Å². The predicted molar refractivity (Wildman–Crippen MR) is 87.0 cm³/mol. The van der Waals surface area contributed by atoms with Crippen molar-refractivity contribution in [2.24, 2.45) is 5.92 Å². The summed E-state index contributed by atoms with van der Waals surface area (Å²) in [5.74, 6) is 0.925. The number of nitrogens with zero attached hydrogens (tertiary/aromatic N) is 2. The minimum atomic E-state index is 0.208. The van der Waals surface area contributed by atoms with E-state index in [1.54, 1.807) is 6.92 Å². The van der Waals surface area contributed by atoms with E-state index in [2.05, 4.69) is 31.5 Å². The summed E-state index contributed by atoms with van der Waals surface area (Å²) in [7, 11) is 0. The molecule has 0 unspecified atom stereocenters. The fourth-order valence-corrected chi connectivity index (χ4v) is 3.27. The Kier molecular flexibility index (Phi) is 5.16. The van der Waals surface area contributed by atoms with Crippen LogP contribution in [0.2, 0.25) is 0 Å². The van der Waals surface area contributed by atoms with Gasteiger partial charge in [-0.1, -0.05) is 6.58 Å². The number of hydrogen-bond acceptors (Lipinski definition) is 2. The van der Waals surface area contributed by atoms with Gasteiger partial charge in [-0.25, -0.2) is 0 Å². The van der Waals surface area contributed by atoms with Crippen LogP contribution in [-0.4, -0.2) is 28.9 Å². The number of likely N-dealkylation sites (tertiary alicyclic amines) is 1. The molecule has 1 aromatic heterocycles. The van der Waals surface area contributed by atoms with E-state index in [1.165, 1.54) is 23.1 Å². The number of piperidine rings is 1. The molecule has 0 atom stereocenters. The summed E-state index contributed by atoms with van der Waals surface area (Å²) < 4.78 is 0. The number of aryl methyl sites for hydroxylation is 2. The van der Waals surface area contributed by atoms with Gasteiger partial charge >= 0.3 is 0 Å². The molecule has 2 rings (SSSR count).